The van der Waals surface area contributed by atoms with Gasteiger partial charge < -0.3 is 15.0 Å². The zero-order chi connectivity index (χ0) is 13.3. The Labute approximate surface area is 101 Å². The van der Waals surface area contributed by atoms with Gasteiger partial charge in [0.1, 0.15) is 11.5 Å². The normalized spacial score (nSPS) is 16.9. The predicted octanol–water partition coefficient (Wildman–Crippen LogP) is 2.72. The van der Waals surface area contributed by atoms with Crippen molar-refractivity contribution in [3.63, 3.8) is 0 Å². The van der Waals surface area contributed by atoms with Gasteiger partial charge >= 0.3 is 12.1 Å². The Balaban J connectivity index is 2.35. The maximum absolute atomic E-state index is 12.7. The van der Waals surface area contributed by atoms with Crippen molar-refractivity contribution < 1.29 is 23.1 Å². The number of halogens is 3. The standard InChI is InChI=1S/C11H13F3N2O2/c12-11(13,14)7-6-8(15-9(7)10(17)18)16-4-2-1-3-5-16/h6,15H,1-5H2,(H,17,18). The first kappa shape index (κ1) is 12.8. The number of carboxylic acid groups (broad SMARTS) is 1. The summed E-state index contributed by atoms with van der Waals surface area (Å²) in [6.07, 6.45) is -1.79. The molecular weight excluding hydrogens is 249 g/mol. The number of aromatic nitrogens is 1. The fourth-order valence-electron chi connectivity index (χ4n) is 2.14. The van der Waals surface area contributed by atoms with E-state index in [9.17, 15) is 18.0 Å². The summed E-state index contributed by atoms with van der Waals surface area (Å²) < 4.78 is 38.1. The second-order valence-corrected chi connectivity index (χ2v) is 4.29. The van der Waals surface area contributed by atoms with Crippen LogP contribution >= 0.6 is 0 Å². The smallest absolute Gasteiger partial charge is 0.418 e. The summed E-state index contributed by atoms with van der Waals surface area (Å²) in [6.45, 7) is 1.30. The molecule has 1 aliphatic heterocycles. The monoisotopic (exact) mass is 262 g/mol. The van der Waals surface area contributed by atoms with Crippen molar-refractivity contribution in [1.82, 2.24) is 4.98 Å². The minimum Gasteiger partial charge on any atom is -0.477 e. The molecule has 7 heteroatoms. The van der Waals surface area contributed by atoms with Crippen molar-refractivity contribution >= 4 is 11.8 Å². The van der Waals surface area contributed by atoms with E-state index in [4.69, 9.17) is 5.11 Å². The van der Waals surface area contributed by atoms with Crippen LogP contribution in [0.15, 0.2) is 6.07 Å². The number of piperidine rings is 1. The molecule has 0 aliphatic carbocycles. The van der Waals surface area contributed by atoms with Crippen molar-refractivity contribution in [3.05, 3.63) is 17.3 Å². The Hall–Kier alpha value is -1.66. The molecule has 2 N–H and O–H groups in total. The molecule has 0 aromatic carbocycles. The first-order chi connectivity index (χ1) is 8.39. The van der Waals surface area contributed by atoms with Gasteiger partial charge in [-0.2, -0.15) is 13.2 Å². The minimum atomic E-state index is -4.65. The van der Waals surface area contributed by atoms with Gasteiger partial charge in [-0.05, 0) is 25.3 Å². The van der Waals surface area contributed by atoms with E-state index in [0.29, 0.717) is 13.1 Å². The van der Waals surface area contributed by atoms with E-state index >= 15 is 0 Å². The number of anilines is 1. The van der Waals surface area contributed by atoms with Crippen LogP contribution in [-0.4, -0.2) is 29.1 Å². The van der Waals surface area contributed by atoms with Crippen LogP contribution in [0.4, 0.5) is 19.0 Å². The molecule has 1 saturated heterocycles. The highest BCUT2D eigenvalue weighted by atomic mass is 19.4. The number of nitrogens with one attached hydrogen (secondary N) is 1. The Kier molecular flexibility index (Phi) is 3.23. The van der Waals surface area contributed by atoms with E-state index in [1.807, 2.05) is 0 Å². The molecule has 4 nitrogen and oxygen atoms in total. The fourth-order valence-corrected chi connectivity index (χ4v) is 2.14. The Bertz CT molecular complexity index is 448. The SMILES string of the molecule is O=C(O)c1[nH]c(N2CCCCC2)cc1C(F)(F)F. The second-order valence-electron chi connectivity index (χ2n) is 4.29. The molecule has 0 unspecified atom stereocenters. The van der Waals surface area contributed by atoms with Gasteiger partial charge in [0.2, 0.25) is 0 Å². The third-order valence-electron chi connectivity index (χ3n) is 3.02. The van der Waals surface area contributed by atoms with Gasteiger partial charge in [-0.1, -0.05) is 0 Å². The fraction of sp³-hybridized carbons (Fsp3) is 0.545. The first-order valence-corrected chi connectivity index (χ1v) is 5.68. The lowest BCUT2D eigenvalue weighted by atomic mass is 10.1. The second kappa shape index (κ2) is 4.55. The molecule has 0 saturated carbocycles. The van der Waals surface area contributed by atoms with Crippen molar-refractivity contribution in [2.24, 2.45) is 0 Å². The van der Waals surface area contributed by atoms with Crippen LogP contribution in [0.3, 0.4) is 0 Å². The predicted molar refractivity (Wildman–Crippen MR) is 58.8 cm³/mol. The lowest BCUT2D eigenvalue weighted by Crippen LogP contribution is -2.29. The summed E-state index contributed by atoms with van der Waals surface area (Å²) in [5.41, 5.74) is -1.90. The van der Waals surface area contributed by atoms with Crippen LogP contribution in [0.25, 0.3) is 0 Å². The number of carboxylic acids is 1. The van der Waals surface area contributed by atoms with E-state index < -0.39 is 23.4 Å². The maximum Gasteiger partial charge on any atom is 0.418 e. The average molecular weight is 262 g/mol. The summed E-state index contributed by atoms with van der Waals surface area (Å²) in [7, 11) is 0. The molecule has 0 radical (unpaired) electrons. The number of alkyl halides is 3. The highest BCUT2D eigenvalue weighted by molar-refractivity contribution is 5.88. The number of hydrogen-bond donors (Lipinski definition) is 2. The van der Waals surface area contributed by atoms with Gasteiger partial charge in [-0.3, -0.25) is 0 Å². The molecule has 100 valence electrons. The van der Waals surface area contributed by atoms with E-state index in [1.54, 1.807) is 4.90 Å². The van der Waals surface area contributed by atoms with Gasteiger partial charge in [0.15, 0.2) is 0 Å². The summed E-state index contributed by atoms with van der Waals surface area (Å²) in [5.74, 6) is -1.36. The van der Waals surface area contributed by atoms with Crippen LogP contribution in [0.5, 0.6) is 0 Å². The van der Waals surface area contributed by atoms with Crippen molar-refractivity contribution in [2.75, 3.05) is 18.0 Å². The summed E-state index contributed by atoms with van der Waals surface area (Å²) in [6, 6.07) is 0.884. The summed E-state index contributed by atoms with van der Waals surface area (Å²) in [4.78, 5) is 14.9. The lowest BCUT2D eigenvalue weighted by molar-refractivity contribution is -0.138. The van der Waals surface area contributed by atoms with Gasteiger partial charge in [-0.25, -0.2) is 4.79 Å². The van der Waals surface area contributed by atoms with Crippen LogP contribution < -0.4 is 4.90 Å². The molecular formula is C11H13F3N2O2. The maximum atomic E-state index is 12.7. The summed E-state index contributed by atoms with van der Waals surface area (Å²) >= 11 is 0. The molecule has 0 bridgehead atoms. The van der Waals surface area contributed by atoms with E-state index in [1.165, 1.54) is 0 Å². The van der Waals surface area contributed by atoms with Crippen molar-refractivity contribution in [3.8, 4) is 0 Å². The third kappa shape index (κ3) is 2.44. The first-order valence-electron chi connectivity index (χ1n) is 5.68. The molecule has 1 fully saturated rings. The quantitative estimate of drug-likeness (QED) is 0.861. The zero-order valence-corrected chi connectivity index (χ0v) is 9.55. The molecule has 1 aliphatic rings. The van der Waals surface area contributed by atoms with Crippen molar-refractivity contribution in [2.45, 2.75) is 25.4 Å². The van der Waals surface area contributed by atoms with Crippen molar-refractivity contribution in [1.29, 1.82) is 0 Å². The number of aromatic carboxylic acids is 1. The van der Waals surface area contributed by atoms with E-state index in [2.05, 4.69) is 4.98 Å². The number of carbonyl (C=O) groups is 1. The lowest BCUT2D eigenvalue weighted by Gasteiger charge is -2.27. The number of aromatic amines is 1. The van der Waals surface area contributed by atoms with Crippen LogP contribution in [0.1, 0.15) is 35.3 Å². The third-order valence-corrected chi connectivity index (χ3v) is 3.02. The molecule has 2 heterocycles. The van der Waals surface area contributed by atoms with E-state index in [0.717, 1.165) is 25.3 Å². The Morgan fingerprint density at radius 3 is 2.33 bits per heavy atom. The molecule has 18 heavy (non-hydrogen) atoms. The Morgan fingerprint density at radius 2 is 1.89 bits per heavy atom. The van der Waals surface area contributed by atoms with E-state index in [-0.39, 0.29) is 5.82 Å². The zero-order valence-electron chi connectivity index (χ0n) is 9.55. The molecule has 0 atom stereocenters. The molecule has 0 spiro atoms. The van der Waals surface area contributed by atoms with Crippen LogP contribution in [-0.2, 0) is 6.18 Å². The molecule has 1 aromatic heterocycles. The Morgan fingerprint density at radius 1 is 1.28 bits per heavy atom. The number of H-pyrrole nitrogens is 1. The van der Waals surface area contributed by atoms with Crippen LogP contribution in [0, 0.1) is 0 Å². The molecule has 1 aromatic rings. The van der Waals surface area contributed by atoms with Crippen LogP contribution in [0.2, 0.25) is 0 Å². The molecule has 2 rings (SSSR count). The largest absolute Gasteiger partial charge is 0.477 e. The number of hydrogen-bond acceptors (Lipinski definition) is 2. The van der Waals surface area contributed by atoms with Gasteiger partial charge in [-0.15, -0.1) is 0 Å². The average Bonchev–Trinajstić information content (AvgIpc) is 2.74. The van der Waals surface area contributed by atoms with Gasteiger partial charge in [0.25, 0.3) is 0 Å². The highest BCUT2D eigenvalue weighted by Gasteiger charge is 2.38. The number of rotatable bonds is 2. The van der Waals surface area contributed by atoms with Gasteiger partial charge in [0, 0.05) is 13.1 Å². The molecule has 0 amide bonds. The highest BCUT2D eigenvalue weighted by Crippen LogP contribution is 2.35. The topological polar surface area (TPSA) is 56.3 Å². The number of nitrogens with zero attached hydrogens (tertiary/aromatic N) is 1. The minimum absolute atomic E-state index is 0.236. The van der Waals surface area contributed by atoms with Gasteiger partial charge in [0.05, 0.1) is 5.56 Å². The summed E-state index contributed by atoms with van der Waals surface area (Å²) in [5, 5.41) is 8.79.